The van der Waals surface area contributed by atoms with Crippen molar-refractivity contribution in [1.29, 1.82) is 0 Å². The Hall–Kier alpha value is -1.63. The summed E-state index contributed by atoms with van der Waals surface area (Å²) in [5.74, 6) is 0. The summed E-state index contributed by atoms with van der Waals surface area (Å²) in [5, 5.41) is 3.82. The molecule has 0 bridgehead atoms. The van der Waals surface area contributed by atoms with Crippen molar-refractivity contribution in [3.8, 4) is 0 Å². The highest BCUT2D eigenvalue weighted by molar-refractivity contribution is 7.98. The quantitative estimate of drug-likeness (QED) is 0.509. The third-order valence-electron chi connectivity index (χ3n) is 4.26. The van der Waals surface area contributed by atoms with Crippen molar-refractivity contribution in [2.45, 2.75) is 30.7 Å². The first kappa shape index (κ1) is 18.7. The standard InChI is InChI=1S/C9H18N2.C9H7NO2S/c1-7-6-11(4)9(7)5-8(2)10-3;1-13-9-10-8-6(5-11)3-2-4-7(8)12-9/h8-10H,1,5-6H2,2-4H3;2-5H,1H3. The molecule has 1 saturated heterocycles. The number of nitrogens with zero attached hydrogens (tertiary/aromatic N) is 2. The zero-order valence-electron chi connectivity index (χ0n) is 14.7. The highest BCUT2D eigenvalue weighted by Gasteiger charge is 2.28. The molecule has 5 nitrogen and oxygen atoms in total. The van der Waals surface area contributed by atoms with Crippen LogP contribution in [0.25, 0.3) is 11.1 Å². The summed E-state index contributed by atoms with van der Waals surface area (Å²) >= 11 is 1.42. The van der Waals surface area contributed by atoms with E-state index in [0.29, 0.717) is 34.0 Å². The Balaban J connectivity index is 0.000000177. The summed E-state index contributed by atoms with van der Waals surface area (Å²) < 4.78 is 5.35. The van der Waals surface area contributed by atoms with Gasteiger partial charge in [-0.3, -0.25) is 9.69 Å². The fourth-order valence-electron chi connectivity index (χ4n) is 2.67. The van der Waals surface area contributed by atoms with Crippen LogP contribution < -0.4 is 5.32 Å². The van der Waals surface area contributed by atoms with Gasteiger partial charge in [-0.05, 0) is 51.4 Å². The van der Waals surface area contributed by atoms with E-state index < -0.39 is 0 Å². The first-order valence-corrected chi connectivity index (χ1v) is 9.16. The molecule has 2 unspecified atom stereocenters. The molecule has 2 heterocycles. The van der Waals surface area contributed by atoms with E-state index in [1.165, 1.54) is 23.8 Å². The molecular weight excluding hydrogens is 322 g/mol. The number of aromatic nitrogens is 1. The molecule has 1 aliphatic heterocycles. The van der Waals surface area contributed by atoms with Gasteiger partial charge < -0.3 is 9.73 Å². The van der Waals surface area contributed by atoms with Crippen LogP contribution in [0.2, 0.25) is 0 Å². The number of carbonyl (C=O) groups excluding carboxylic acids is 1. The van der Waals surface area contributed by atoms with E-state index in [-0.39, 0.29) is 0 Å². The Morgan fingerprint density at radius 3 is 2.88 bits per heavy atom. The lowest BCUT2D eigenvalue weighted by atomic mass is 9.92. The highest BCUT2D eigenvalue weighted by Crippen LogP contribution is 2.24. The summed E-state index contributed by atoms with van der Waals surface area (Å²) in [6.45, 7) is 7.30. The number of hydrogen-bond donors (Lipinski definition) is 1. The van der Waals surface area contributed by atoms with E-state index in [9.17, 15) is 4.79 Å². The van der Waals surface area contributed by atoms with Crippen LogP contribution in [0.15, 0.2) is 40.0 Å². The van der Waals surface area contributed by atoms with Gasteiger partial charge in [-0.25, -0.2) is 4.98 Å². The van der Waals surface area contributed by atoms with Crippen LogP contribution >= 0.6 is 11.8 Å². The van der Waals surface area contributed by atoms with Gasteiger partial charge in [0.2, 0.25) is 0 Å². The van der Waals surface area contributed by atoms with Gasteiger partial charge in [0.1, 0.15) is 5.52 Å². The monoisotopic (exact) mass is 347 g/mol. The van der Waals surface area contributed by atoms with Crippen LogP contribution in [0.1, 0.15) is 23.7 Å². The van der Waals surface area contributed by atoms with E-state index in [4.69, 9.17) is 4.42 Å². The third kappa shape index (κ3) is 4.26. The molecule has 0 spiro atoms. The van der Waals surface area contributed by atoms with E-state index in [2.05, 4.69) is 35.8 Å². The Morgan fingerprint density at radius 2 is 2.33 bits per heavy atom. The van der Waals surface area contributed by atoms with Gasteiger partial charge in [0, 0.05) is 24.2 Å². The molecule has 1 aromatic heterocycles. The maximum atomic E-state index is 10.6. The largest absolute Gasteiger partial charge is 0.431 e. The molecule has 3 rings (SSSR count). The topological polar surface area (TPSA) is 58.4 Å². The number of fused-ring (bicyclic) bond motifs is 1. The van der Waals surface area contributed by atoms with Gasteiger partial charge in [-0.15, -0.1) is 0 Å². The van der Waals surface area contributed by atoms with Gasteiger partial charge in [-0.1, -0.05) is 24.4 Å². The molecule has 0 radical (unpaired) electrons. The van der Waals surface area contributed by atoms with Crippen molar-refractivity contribution < 1.29 is 9.21 Å². The molecule has 1 N–H and O–H groups in total. The Bertz CT molecular complexity index is 713. The fraction of sp³-hybridized carbons (Fsp3) is 0.444. The molecule has 0 amide bonds. The van der Waals surface area contributed by atoms with Crippen molar-refractivity contribution in [2.75, 3.05) is 26.9 Å². The number of benzene rings is 1. The summed E-state index contributed by atoms with van der Waals surface area (Å²) in [4.78, 5) is 17.1. The molecule has 130 valence electrons. The summed E-state index contributed by atoms with van der Waals surface area (Å²) in [6.07, 6.45) is 3.85. The van der Waals surface area contributed by atoms with Crippen LogP contribution in [-0.4, -0.2) is 55.1 Å². The number of carbonyl (C=O) groups is 1. The number of rotatable bonds is 5. The van der Waals surface area contributed by atoms with Gasteiger partial charge in [0.15, 0.2) is 11.9 Å². The number of aldehydes is 1. The SMILES string of the molecule is C=C1CN(C)C1CC(C)NC.CSc1nc2c(C=O)cccc2o1. The molecule has 2 aromatic rings. The number of oxazole rings is 1. The molecule has 0 saturated carbocycles. The molecular formula is C18H25N3O2S. The smallest absolute Gasteiger partial charge is 0.256 e. The Labute approximate surface area is 147 Å². The predicted molar refractivity (Wildman–Crippen MR) is 99.9 cm³/mol. The zero-order chi connectivity index (χ0) is 17.7. The lowest BCUT2D eigenvalue weighted by Crippen LogP contribution is -2.49. The van der Waals surface area contributed by atoms with E-state index in [1.54, 1.807) is 18.2 Å². The summed E-state index contributed by atoms with van der Waals surface area (Å²) in [6, 6.07) is 6.52. The van der Waals surface area contributed by atoms with E-state index in [0.717, 1.165) is 12.8 Å². The van der Waals surface area contributed by atoms with Crippen molar-refractivity contribution in [1.82, 2.24) is 15.2 Å². The fourth-order valence-corrected chi connectivity index (χ4v) is 3.02. The van der Waals surface area contributed by atoms with Gasteiger partial charge >= 0.3 is 0 Å². The summed E-state index contributed by atoms with van der Waals surface area (Å²) in [5.41, 5.74) is 3.26. The highest BCUT2D eigenvalue weighted by atomic mass is 32.2. The molecule has 0 aliphatic carbocycles. The Kier molecular flexibility index (Phi) is 6.60. The lowest BCUT2D eigenvalue weighted by Gasteiger charge is -2.41. The van der Waals surface area contributed by atoms with E-state index in [1.807, 2.05) is 13.3 Å². The normalized spacial score (nSPS) is 18.7. The minimum absolute atomic E-state index is 0.571. The molecule has 2 atom stereocenters. The number of hydrogen-bond acceptors (Lipinski definition) is 6. The maximum Gasteiger partial charge on any atom is 0.256 e. The maximum absolute atomic E-state index is 10.6. The molecule has 1 aliphatic rings. The summed E-state index contributed by atoms with van der Waals surface area (Å²) in [7, 11) is 4.16. The lowest BCUT2D eigenvalue weighted by molar-refractivity contribution is 0.112. The number of likely N-dealkylation sites (tertiary alicyclic amines) is 1. The number of nitrogens with one attached hydrogen (secondary N) is 1. The predicted octanol–water partition coefficient (Wildman–Crippen LogP) is 3.22. The van der Waals surface area contributed by atoms with Crippen LogP contribution in [0.4, 0.5) is 0 Å². The molecule has 24 heavy (non-hydrogen) atoms. The van der Waals surface area contributed by atoms with Crippen molar-refractivity contribution in [2.24, 2.45) is 0 Å². The number of likely N-dealkylation sites (N-methyl/N-ethyl adjacent to an activating group) is 1. The van der Waals surface area contributed by atoms with E-state index >= 15 is 0 Å². The number of para-hydroxylation sites is 1. The van der Waals surface area contributed by atoms with Crippen LogP contribution in [0.3, 0.4) is 0 Å². The minimum atomic E-state index is 0.571. The zero-order valence-corrected chi connectivity index (χ0v) is 15.5. The van der Waals surface area contributed by atoms with Crippen LogP contribution in [-0.2, 0) is 0 Å². The second kappa shape index (κ2) is 8.46. The van der Waals surface area contributed by atoms with Crippen LogP contribution in [0.5, 0.6) is 0 Å². The van der Waals surface area contributed by atoms with Crippen molar-refractivity contribution in [3.63, 3.8) is 0 Å². The molecule has 1 aromatic carbocycles. The van der Waals surface area contributed by atoms with Gasteiger partial charge in [0.05, 0.1) is 0 Å². The molecule has 6 heteroatoms. The number of thioether (sulfide) groups is 1. The molecule has 1 fully saturated rings. The first-order valence-electron chi connectivity index (χ1n) is 7.94. The van der Waals surface area contributed by atoms with Gasteiger partial charge in [0.25, 0.3) is 5.22 Å². The van der Waals surface area contributed by atoms with Crippen molar-refractivity contribution in [3.05, 3.63) is 35.9 Å². The minimum Gasteiger partial charge on any atom is -0.431 e. The first-order chi connectivity index (χ1) is 11.5. The van der Waals surface area contributed by atoms with Crippen molar-refractivity contribution >= 4 is 29.1 Å². The van der Waals surface area contributed by atoms with Crippen LogP contribution in [0, 0.1) is 0 Å². The average molecular weight is 347 g/mol. The third-order valence-corrected chi connectivity index (χ3v) is 4.78. The second-order valence-corrected chi connectivity index (χ2v) is 6.77. The van der Waals surface area contributed by atoms with Gasteiger partial charge in [-0.2, -0.15) is 0 Å². The average Bonchev–Trinajstić information content (AvgIpc) is 3.03. The second-order valence-electron chi connectivity index (χ2n) is 6.01. The Morgan fingerprint density at radius 1 is 1.58 bits per heavy atom.